The SMILES string of the molecule is C=C(c1ccccc1C(C)C)c1nc(C2CCC(C)C(c3ccccc3)C2)ccc1C. The summed E-state index contributed by atoms with van der Waals surface area (Å²) in [5, 5.41) is 0. The van der Waals surface area contributed by atoms with E-state index in [1.54, 1.807) is 0 Å². The summed E-state index contributed by atoms with van der Waals surface area (Å²) >= 11 is 0. The van der Waals surface area contributed by atoms with Crippen LogP contribution in [0, 0.1) is 12.8 Å². The number of aromatic nitrogens is 1. The molecule has 0 N–H and O–H groups in total. The lowest BCUT2D eigenvalue weighted by Crippen LogP contribution is -2.21. The van der Waals surface area contributed by atoms with Crippen molar-refractivity contribution in [2.45, 2.75) is 64.7 Å². The number of hydrogen-bond donors (Lipinski definition) is 0. The smallest absolute Gasteiger partial charge is 0.0734 e. The van der Waals surface area contributed by atoms with Gasteiger partial charge in [-0.1, -0.05) is 88.0 Å². The van der Waals surface area contributed by atoms with Crippen molar-refractivity contribution in [3.05, 3.63) is 107 Å². The highest BCUT2D eigenvalue weighted by Gasteiger charge is 2.30. The van der Waals surface area contributed by atoms with Crippen LogP contribution in [0.2, 0.25) is 0 Å². The largest absolute Gasteiger partial charge is 0.252 e. The summed E-state index contributed by atoms with van der Waals surface area (Å²) in [6.45, 7) is 13.6. The van der Waals surface area contributed by atoms with E-state index in [0.29, 0.717) is 17.8 Å². The Morgan fingerprint density at radius 2 is 1.65 bits per heavy atom. The highest BCUT2D eigenvalue weighted by atomic mass is 14.7. The molecule has 1 heteroatoms. The van der Waals surface area contributed by atoms with Gasteiger partial charge in [-0.2, -0.15) is 0 Å². The lowest BCUT2D eigenvalue weighted by atomic mass is 9.71. The molecule has 3 atom stereocenters. The molecule has 3 unspecified atom stereocenters. The molecule has 160 valence electrons. The quantitative estimate of drug-likeness (QED) is 0.413. The second-order valence-corrected chi connectivity index (χ2v) is 9.63. The average molecular weight is 410 g/mol. The van der Waals surface area contributed by atoms with E-state index in [4.69, 9.17) is 4.98 Å². The van der Waals surface area contributed by atoms with Crippen LogP contribution in [0.15, 0.2) is 73.3 Å². The van der Waals surface area contributed by atoms with E-state index in [0.717, 1.165) is 17.2 Å². The van der Waals surface area contributed by atoms with Gasteiger partial charge in [-0.05, 0) is 72.3 Å². The summed E-state index contributed by atoms with van der Waals surface area (Å²) in [6.07, 6.45) is 3.65. The number of pyridine rings is 1. The summed E-state index contributed by atoms with van der Waals surface area (Å²) in [7, 11) is 0. The van der Waals surface area contributed by atoms with Crippen molar-refractivity contribution in [1.29, 1.82) is 0 Å². The van der Waals surface area contributed by atoms with Gasteiger partial charge in [-0.3, -0.25) is 4.98 Å². The Bertz CT molecular complexity index is 1050. The monoisotopic (exact) mass is 409 g/mol. The molecule has 1 saturated carbocycles. The fraction of sp³-hybridized carbons (Fsp3) is 0.367. The van der Waals surface area contributed by atoms with Crippen LogP contribution < -0.4 is 0 Å². The van der Waals surface area contributed by atoms with Crippen molar-refractivity contribution in [2.24, 2.45) is 5.92 Å². The van der Waals surface area contributed by atoms with Gasteiger partial charge < -0.3 is 0 Å². The van der Waals surface area contributed by atoms with Gasteiger partial charge in [0.25, 0.3) is 0 Å². The third-order valence-corrected chi connectivity index (χ3v) is 7.15. The molecule has 1 aliphatic rings. The molecule has 0 radical (unpaired) electrons. The summed E-state index contributed by atoms with van der Waals surface area (Å²) in [5.41, 5.74) is 8.59. The van der Waals surface area contributed by atoms with Crippen LogP contribution in [0.5, 0.6) is 0 Å². The third-order valence-electron chi connectivity index (χ3n) is 7.15. The van der Waals surface area contributed by atoms with Gasteiger partial charge in [-0.15, -0.1) is 0 Å². The third kappa shape index (κ3) is 4.51. The van der Waals surface area contributed by atoms with E-state index in [2.05, 4.69) is 101 Å². The lowest BCUT2D eigenvalue weighted by Gasteiger charge is -2.34. The van der Waals surface area contributed by atoms with Gasteiger partial charge >= 0.3 is 0 Å². The zero-order chi connectivity index (χ0) is 22.0. The van der Waals surface area contributed by atoms with Crippen LogP contribution in [0.25, 0.3) is 5.57 Å². The summed E-state index contributed by atoms with van der Waals surface area (Å²) in [5.74, 6) is 2.30. The van der Waals surface area contributed by atoms with Crippen molar-refractivity contribution >= 4 is 5.57 Å². The molecular weight excluding hydrogens is 374 g/mol. The highest BCUT2D eigenvalue weighted by molar-refractivity contribution is 5.79. The van der Waals surface area contributed by atoms with Gasteiger partial charge in [0.05, 0.1) is 5.69 Å². The van der Waals surface area contributed by atoms with Crippen LogP contribution in [-0.4, -0.2) is 4.98 Å². The summed E-state index contributed by atoms with van der Waals surface area (Å²) in [6, 6.07) is 24.2. The predicted molar refractivity (Wildman–Crippen MR) is 133 cm³/mol. The van der Waals surface area contributed by atoms with E-state index in [9.17, 15) is 0 Å². The Balaban J connectivity index is 1.65. The van der Waals surface area contributed by atoms with E-state index in [1.165, 1.54) is 47.2 Å². The number of benzene rings is 2. The van der Waals surface area contributed by atoms with E-state index in [1.807, 2.05) is 0 Å². The molecule has 4 rings (SSSR count). The van der Waals surface area contributed by atoms with Crippen molar-refractivity contribution < 1.29 is 0 Å². The van der Waals surface area contributed by atoms with E-state index in [-0.39, 0.29) is 0 Å². The van der Waals surface area contributed by atoms with Crippen molar-refractivity contribution in [3.63, 3.8) is 0 Å². The zero-order valence-corrected chi connectivity index (χ0v) is 19.4. The standard InChI is InChI=1S/C30H35N/c1-20(2)26-13-9-10-14-27(26)23(5)30-22(4)16-18-29(31-30)25-17-15-21(3)28(19-25)24-11-7-6-8-12-24/h6-14,16,18,20-21,25,28H,5,15,17,19H2,1-4H3. The Kier molecular flexibility index (Phi) is 6.41. The Hall–Kier alpha value is -2.67. The van der Waals surface area contributed by atoms with Crippen LogP contribution in [0.3, 0.4) is 0 Å². The van der Waals surface area contributed by atoms with E-state index >= 15 is 0 Å². The Morgan fingerprint density at radius 1 is 0.935 bits per heavy atom. The van der Waals surface area contributed by atoms with Crippen LogP contribution in [-0.2, 0) is 0 Å². The molecule has 0 spiro atoms. The average Bonchev–Trinajstić information content (AvgIpc) is 2.80. The fourth-order valence-corrected chi connectivity index (χ4v) is 5.23. The minimum absolute atomic E-state index is 0.461. The Labute approximate surface area is 188 Å². The molecule has 1 fully saturated rings. The molecule has 0 aliphatic heterocycles. The first kappa shape index (κ1) is 21.6. The first-order chi connectivity index (χ1) is 15.0. The second kappa shape index (κ2) is 9.22. The minimum atomic E-state index is 0.461. The lowest BCUT2D eigenvalue weighted by molar-refractivity contribution is 0.296. The van der Waals surface area contributed by atoms with Gasteiger partial charge in [0.2, 0.25) is 0 Å². The first-order valence-electron chi connectivity index (χ1n) is 11.8. The number of nitrogens with zero attached hydrogens (tertiary/aromatic N) is 1. The van der Waals surface area contributed by atoms with E-state index < -0.39 is 0 Å². The molecule has 1 aromatic heterocycles. The summed E-state index contributed by atoms with van der Waals surface area (Å²) in [4.78, 5) is 5.23. The Morgan fingerprint density at radius 3 is 2.39 bits per heavy atom. The molecule has 0 bridgehead atoms. The first-order valence-corrected chi connectivity index (χ1v) is 11.8. The van der Waals surface area contributed by atoms with Crippen molar-refractivity contribution in [2.75, 3.05) is 0 Å². The minimum Gasteiger partial charge on any atom is -0.252 e. The maximum Gasteiger partial charge on any atom is 0.0734 e. The molecule has 0 amide bonds. The molecule has 2 aromatic carbocycles. The molecule has 1 nitrogen and oxygen atoms in total. The normalized spacial score (nSPS) is 21.3. The zero-order valence-electron chi connectivity index (χ0n) is 19.4. The molecule has 1 aliphatic carbocycles. The van der Waals surface area contributed by atoms with Gasteiger partial charge in [0.1, 0.15) is 0 Å². The van der Waals surface area contributed by atoms with Crippen molar-refractivity contribution in [1.82, 2.24) is 4.98 Å². The molecule has 0 saturated heterocycles. The number of hydrogen-bond acceptors (Lipinski definition) is 1. The van der Waals surface area contributed by atoms with Gasteiger partial charge in [0.15, 0.2) is 0 Å². The van der Waals surface area contributed by atoms with Gasteiger partial charge in [-0.25, -0.2) is 0 Å². The molecular formula is C30H35N. The highest BCUT2D eigenvalue weighted by Crippen LogP contribution is 2.44. The molecule has 3 aromatic rings. The number of rotatable bonds is 5. The fourth-order valence-electron chi connectivity index (χ4n) is 5.23. The molecule has 1 heterocycles. The predicted octanol–water partition coefficient (Wildman–Crippen LogP) is 8.26. The van der Waals surface area contributed by atoms with Crippen LogP contribution >= 0.6 is 0 Å². The maximum atomic E-state index is 5.23. The topological polar surface area (TPSA) is 12.9 Å². The second-order valence-electron chi connectivity index (χ2n) is 9.63. The summed E-state index contributed by atoms with van der Waals surface area (Å²) < 4.78 is 0. The maximum absolute atomic E-state index is 5.23. The van der Waals surface area contributed by atoms with Gasteiger partial charge in [0, 0.05) is 17.2 Å². The van der Waals surface area contributed by atoms with Crippen LogP contribution in [0.4, 0.5) is 0 Å². The van der Waals surface area contributed by atoms with Crippen LogP contribution in [0.1, 0.15) is 91.4 Å². The molecule has 31 heavy (non-hydrogen) atoms. The van der Waals surface area contributed by atoms with Crippen molar-refractivity contribution in [3.8, 4) is 0 Å². The number of aryl methyl sites for hydroxylation is 1.